The molecule has 1 heterocycles. The van der Waals surface area contributed by atoms with Gasteiger partial charge in [0.15, 0.2) is 0 Å². The van der Waals surface area contributed by atoms with Crippen molar-refractivity contribution in [2.75, 3.05) is 25.1 Å². The minimum atomic E-state index is -0.770. The van der Waals surface area contributed by atoms with Crippen LogP contribution in [0.1, 0.15) is 23.2 Å². The molecule has 0 unspecified atom stereocenters. The van der Waals surface area contributed by atoms with E-state index in [1.165, 1.54) is 19.2 Å². The first-order valence-electron chi connectivity index (χ1n) is 5.85. The molecule has 0 saturated carbocycles. The van der Waals surface area contributed by atoms with Crippen molar-refractivity contribution in [1.29, 1.82) is 0 Å². The summed E-state index contributed by atoms with van der Waals surface area (Å²) in [4.78, 5) is 23.8. The Kier molecular flexibility index (Phi) is 3.90. The van der Waals surface area contributed by atoms with E-state index in [9.17, 15) is 14.9 Å². The van der Waals surface area contributed by atoms with Gasteiger partial charge in [0, 0.05) is 25.2 Å². The minimum absolute atomic E-state index is 0.0128. The predicted octanol–water partition coefficient (Wildman–Crippen LogP) is 2.58. The molecule has 0 radical (unpaired) electrons. The zero-order valence-electron chi connectivity index (χ0n) is 10.4. The Hall–Kier alpha value is -1.82. The Morgan fingerprint density at radius 1 is 1.42 bits per heavy atom. The van der Waals surface area contributed by atoms with Gasteiger partial charge in [-0.05, 0) is 24.4 Å². The monoisotopic (exact) mass is 284 g/mol. The van der Waals surface area contributed by atoms with E-state index in [0.717, 1.165) is 25.9 Å². The fourth-order valence-electron chi connectivity index (χ4n) is 2.24. The Bertz CT molecular complexity index is 527. The van der Waals surface area contributed by atoms with Crippen LogP contribution in [-0.4, -0.2) is 30.4 Å². The summed E-state index contributed by atoms with van der Waals surface area (Å²) in [6.07, 6.45) is 1.99. The van der Waals surface area contributed by atoms with Gasteiger partial charge in [0.1, 0.15) is 11.4 Å². The SMILES string of the molecule is COc1cc(N2CCCC2)c([N+](=O)[O-])cc1C(=O)Cl. The number of nitro benzene ring substituents is 1. The lowest BCUT2D eigenvalue weighted by Gasteiger charge is -2.19. The van der Waals surface area contributed by atoms with Gasteiger partial charge in [-0.2, -0.15) is 0 Å². The van der Waals surface area contributed by atoms with E-state index in [-0.39, 0.29) is 17.0 Å². The van der Waals surface area contributed by atoms with Crippen LogP contribution in [0.2, 0.25) is 0 Å². The van der Waals surface area contributed by atoms with Crippen LogP contribution in [0.4, 0.5) is 11.4 Å². The van der Waals surface area contributed by atoms with E-state index in [2.05, 4.69) is 0 Å². The maximum Gasteiger partial charge on any atom is 0.293 e. The molecular weight excluding hydrogens is 272 g/mol. The van der Waals surface area contributed by atoms with E-state index in [1.54, 1.807) is 0 Å². The molecule has 1 aromatic rings. The summed E-state index contributed by atoms with van der Waals surface area (Å²) in [5, 5.41) is 10.4. The predicted molar refractivity (Wildman–Crippen MR) is 71.3 cm³/mol. The molecule has 1 aliphatic rings. The molecule has 6 nitrogen and oxygen atoms in total. The number of rotatable bonds is 4. The van der Waals surface area contributed by atoms with Crippen LogP contribution in [0, 0.1) is 10.1 Å². The summed E-state index contributed by atoms with van der Waals surface area (Å²) in [6, 6.07) is 2.70. The van der Waals surface area contributed by atoms with Crippen molar-refractivity contribution >= 4 is 28.2 Å². The maximum atomic E-state index is 11.3. The molecule has 1 aromatic carbocycles. The Labute approximate surface area is 115 Å². The number of halogens is 1. The average Bonchev–Trinajstić information content (AvgIpc) is 2.90. The van der Waals surface area contributed by atoms with Gasteiger partial charge in [0.05, 0.1) is 17.6 Å². The van der Waals surface area contributed by atoms with E-state index in [1.807, 2.05) is 4.90 Å². The third-order valence-electron chi connectivity index (χ3n) is 3.15. The number of nitrogens with zero attached hydrogens (tertiary/aromatic N) is 2. The molecule has 0 spiro atoms. The first-order chi connectivity index (χ1) is 9.04. The molecule has 1 aliphatic heterocycles. The molecule has 2 rings (SSSR count). The molecule has 0 aromatic heterocycles. The second-order valence-corrected chi connectivity index (χ2v) is 4.61. The van der Waals surface area contributed by atoms with E-state index in [4.69, 9.17) is 16.3 Å². The Morgan fingerprint density at radius 2 is 2.05 bits per heavy atom. The number of methoxy groups -OCH3 is 1. The molecule has 0 bridgehead atoms. The highest BCUT2D eigenvalue weighted by Crippen LogP contribution is 2.37. The lowest BCUT2D eigenvalue weighted by molar-refractivity contribution is -0.384. The second kappa shape index (κ2) is 5.44. The van der Waals surface area contributed by atoms with Gasteiger partial charge in [0.25, 0.3) is 10.9 Å². The van der Waals surface area contributed by atoms with Crippen molar-refractivity contribution in [3.8, 4) is 5.75 Å². The third kappa shape index (κ3) is 2.63. The molecule has 0 aliphatic carbocycles. The van der Waals surface area contributed by atoms with Gasteiger partial charge in [-0.1, -0.05) is 0 Å². The Balaban J connectivity index is 2.57. The van der Waals surface area contributed by atoms with Crippen LogP contribution < -0.4 is 9.64 Å². The highest BCUT2D eigenvalue weighted by atomic mass is 35.5. The number of carbonyl (C=O) groups is 1. The number of benzene rings is 1. The topological polar surface area (TPSA) is 72.7 Å². The minimum Gasteiger partial charge on any atom is -0.496 e. The summed E-state index contributed by atoms with van der Waals surface area (Å²) >= 11 is 5.42. The van der Waals surface area contributed by atoms with Crippen molar-refractivity contribution in [3.05, 3.63) is 27.8 Å². The molecule has 0 amide bonds. The molecule has 1 saturated heterocycles. The number of hydrogen-bond acceptors (Lipinski definition) is 5. The zero-order chi connectivity index (χ0) is 14.0. The molecule has 0 N–H and O–H groups in total. The fourth-order valence-corrected chi connectivity index (χ4v) is 2.39. The molecule has 7 heteroatoms. The number of anilines is 1. The molecule has 0 atom stereocenters. The highest BCUT2D eigenvalue weighted by Gasteiger charge is 2.26. The lowest BCUT2D eigenvalue weighted by atomic mass is 10.1. The third-order valence-corrected chi connectivity index (χ3v) is 3.36. The van der Waals surface area contributed by atoms with Crippen molar-refractivity contribution in [3.63, 3.8) is 0 Å². The van der Waals surface area contributed by atoms with Gasteiger partial charge in [-0.25, -0.2) is 0 Å². The number of hydrogen-bond donors (Lipinski definition) is 0. The molecule has 1 fully saturated rings. The van der Waals surface area contributed by atoms with Gasteiger partial charge in [0.2, 0.25) is 0 Å². The maximum absolute atomic E-state index is 11.3. The first kappa shape index (κ1) is 13.6. The van der Waals surface area contributed by atoms with Gasteiger partial charge >= 0.3 is 0 Å². The second-order valence-electron chi connectivity index (χ2n) is 4.27. The number of nitro groups is 1. The van der Waals surface area contributed by atoms with Crippen LogP contribution in [0.25, 0.3) is 0 Å². The van der Waals surface area contributed by atoms with Crippen LogP contribution >= 0.6 is 11.6 Å². The van der Waals surface area contributed by atoms with Gasteiger partial charge < -0.3 is 9.64 Å². The fraction of sp³-hybridized carbons (Fsp3) is 0.417. The van der Waals surface area contributed by atoms with Crippen molar-refractivity contribution in [2.24, 2.45) is 0 Å². The molecular formula is C12H13ClN2O4. The Morgan fingerprint density at radius 3 is 2.53 bits per heavy atom. The van der Waals surface area contributed by atoms with Crippen molar-refractivity contribution in [1.82, 2.24) is 0 Å². The van der Waals surface area contributed by atoms with Crippen LogP contribution in [-0.2, 0) is 0 Å². The van der Waals surface area contributed by atoms with Crippen LogP contribution in [0.5, 0.6) is 5.75 Å². The van der Waals surface area contributed by atoms with Crippen molar-refractivity contribution < 1.29 is 14.5 Å². The summed E-state index contributed by atoms with van der Waals surface area (Å²) in [7, 11) is 1.40. The summed E-state index contributed by atoms with van der Waals surface area (Å²) < 4.78 is 5.09. The van der Waals surface area contributed by atoms with E-state index in [0.29, 0.717) is 5.69 Å². The van der Waals surface area contributed by atoms with Gasteiger partial charge in [-0.15, -0.1) is 0 Å². The summed E-state index contributed by atoms with van der Waals surface area (Å²) in [5.41, 5.74) is 0.367. The molecule has 19 heavy (non-hydrogen) atoms. The summed E-state index contributed by atoms with van der Waals surface area (Å²) in [5.74, 6) is 0.257. The largest absolute Gasteiger partial charge is 0.496 e. The highest BCUT2D eigenvalue weighted by molar-refractivity contribution is 6.68. The quantitative estimate of drug-likeness (QED) is 0.483. The summed E-state index contributed by atoms with van der Waals surface area (Å²) in [6.45, 7) is 1.52. The average molecular weight is 285 g/mol. The number of ether oxygens (including phenoxy) is 1. The standard InChI is InChI=1S/C12H13ClN2O4/c1-19-11-7-9(14-4-2-3-5-14)10(15(17)18)6-8(11)12(13)16/h6-7H,2-5H2,1H3. The van der Waals surface area contributed by atoms with E-state index >= 15 is 0 Å². The van der Waals surface area contributed by atoms with Crippen LogP contribution in [0.15, 0.2) is 12.1 Å². The molecule has 102 valence electrons. The van der Waals surface area contributed by atoms with Crippen LogP contribution in [0.3, 0.4) is 0 Å². The zero-order valence-corrected chi connectivity index (χ0v) is 11.1. The normalized spacial score (nSPS) is 14.5. The van der Waals surface area contributed by atoms with Crippen molar-refractivity contribution in [2.45, 2.75) is 12.8 Å². The lowest BCUT2D eigenvalue weighted by Crippen LogP contribution is -2.19. The smallest absolute Gasteiger partial charge is 0.293 e. The van der Waals surface area contributed by atoms with Gasteiger partial charge in [-0.3, -0.25) is 14.9 Å². The van der Waals surface area contributed by atoms with E-state index < -0.39 is 10.2 Å². The number of carbonyl (C=O) groups excluding carboxylic acids is 1. The first-order valence-corrected chi connectivity index (χ1v) is 6.23.